The van der Waals surface area contributed by atoms with E-state index < -0.39 is 46.8 Å². The first kappa shape index (κ1) is 26.7. The molecule has 0 saturated heterocycles. The van der Waals surface area contributed by atoms with Gasteiger partial charge in [0.05, 0.1) is 12.4 Å². The van der Waals surface area contributed by atoms with Crippen molar-refractivity contribution in [2.45, 2.75) is 6.17 Å². The number of aromatic nitrogens is 4. The summed E-state index contributed by atoms with van der Waals surface area (Å²) in [6, 6.07) is 18.4. The molecule has 0 spiro atoms. The van der Waals surface area contributed by atoms with E-state index in [-0.39, 0.29) is 9.40 Å². The van der Waals surface area contributed by atoms with Gasteiger partial charge < -0.3 is 26.0 Å². The minimum atomic E-state index is -1.94. The number of nitrogens with zero attached hydrogens (tertiary/aromatic N) is 4. The largest absolute Gasteiger partial charge is 0.504 e. The number of thiazole rings is 2. The minimum Gasteiger partial charge on any atom is -0.504 e. The monoisotopic (exact) mass is 598 g/mol. The van der Waals surface area contributed by atoms with Crippen molar-refractivity contribution in [1.29, 1.82) is 0 Å². The number of benzene rings is 2. The highest BCUT2D eigenvalue weighted by atomic mass is 32.1. The number of hydrogen-bond acceptors (Lipinski definition) is 11. The Bertz CT molecular complexity index is 1860. The highest BCUT2D eigenvalue weighted by molar-refractivity contribution is 7.22. The van der Waals surface area contributed by atoms with Gasteiger partial charge in [-0.15, -0.1) is 22.7 Å². The van der Waals surface area contributed by atoms with E-state index in [4.69, 9.17) is 0 Å². The summed E-state index contributed by atoms with van der Waals surface area (Å²) in [5.74, 6) is -4.68. The molecule has 0 aliphatic rings. The maximum Gasteiger partial charge on any atom is 0.347 e. The lowest BCUT2D eigenvalue weighted by Gasteiger charge is -2.16. The summed E-state index contributed by atoms with van der Waals surface area (Å²) in [5.41, 5.74) is 1.42. The Balaban J connectivity index is 1.23. The second-order valence-electron chi connectivity index (χ2n) is 8.83. The number of aromatic hydroxyl groups is 2. The molecular weight excluding hydrogens is 580 g/mol. The quantitative estimate of drug-likeness (QED) is 0.168. The van der Waals surface area contributed by atoms with Crippen LogP contribution in [0.1, 0.15) is 21.0 Å². The molecule has 5 N–H and O–H groups in total. The Labute approximate surface area is 244 Å². The molecule has 6 aromatic rings. The Morgan fingerprint density at radius 1 is 0.667 bits per heavy atom. The normalized spacial score (nSPS) is 11.2. The van der Waals surface area contributed by atoms with Crippen LogP contribution >= 0.6 is 22.7 Å². The van der Waals surface area contributed by atoms with Crippen LogP contribution in [0.3, 0.4) is 0 Å². The molecule has 2 aromatic carbocycles. The van der Waals surface area contributed by atoms with Crippen LogP contribution in [-0.2, 0) is 4.79 Å². The van der Waals surface area contributed by atoms with E-state index in [0.717, 1.165) is 33.8 Å². The Hall–Kier alpha value is -5.47. The van der Waals surface area contributed by atoms with E-state index in [1.807, 2.05) is 60.7 Å². The van der Waals surface area contributed by atoms with Gasteiger partial charge in [-0.25, -0.2) is 24.7 Å². The minimum absolute atomic E-state index is 0.284. The van der Waals surface area contributed by atoms with E-state index in [0.29, 0.717) is 21.0 Å². The van der Waals surface area contributed by atoms with Crippen molar-refractivity contribution in [3.8, 4) is 32.6 Å². The van der Waals surface area contributed by atoms with Crippen molar-refractivity contribution in [3.05, 3.63) is 84.4 Å². The number of amides is 2. The maximum atomic E-state index is 13.0. The number of aliphatic carboxylic acids is 1. The average Bonchev–Trinajstić information content (AvgIpc) is 3.64. The molecule has 4 aromatic heterocycles. The van der Waals surface area contributed by atoms with Gasteiger partial charge in [0, 0.05) is 11.1 Å². The molecule has 0 atom stereocenters. The van der Waals surface area contributed by atoms with Gasteiger partial charge in [0.15, 0.2) is 22.9 Å². The average molecular weight is 599 g/mol. The topological polar surface area (TPSA) is 188 Å². The molecule has 0 aliphatic carbocycles. The number of nitrogens with one attached hydrogen (secondary N) is 2. The molecule has 6 rings (SSSR count). The first-order valence-corrected chi connectivity index (χ1v) is 13.9. The number of carbonyl (C=O) groups excluding carboxylic acids is 2. The predicted molar refractivity (Wildman–Crippen MR) is 155 cm³/mol. The summed E-state index contributed by atoms with van der Waals surface area (Å²) < 4.78 is 0.568. The van der Waals surface area contributed by atoms with Crippen molar-refractivity contribution in [3.63, 3.8) is 0 Å². The standard InChI is InChI=1S/C28H18N6O6S2/c35-19-17(29-11-15-21(19)41-26(31-15)13-7-3-1-4-8-13)24(37)33-23(28(39)40)34-25(38)18-20(36)22-16(12-30-18)32-27(42-22)14-9-5-2-6-10-14/h1-12,23,35-36H,(H,33,37)(H,34,38)(H,39,40). The van der Waals surface area contributed by atoms with Gasteiger partial charge in [0.1, 0.15) is 30.4 Å². The van der Waals surface area contributed by atoms with E-state index in [9.17, 15) is 29.7 Å². The number of carboxylic acid groups (broad SMARTS) is 1. The van der Waals surface area contributed by atoms with E-state index in [1.54, 1.807) is 0 Å². The summed E-state index contributed by atoms with van der Waals surface area (Å²) in [6.45, 7) is 0. The van der Waals surface area contributed by atoms with E-state index in [1.165, 1.54) is 12.4 Å². The molecule has 12 nitrogen and oxygen atoms in total. The van der Waals surface area contributed by atoms with Crippen molar-refractivity contribution in [2.75, 3.05) is 0 Å². The van der Waals surface area contributed by atoms with Gasteiger partial charge in [-0.3, -0.25) is 9.59 Å². The molecule has 42 heavy (non-hydrogen) atoms. The molecule has 0 saturated carbocycles. The molecule has 0 fully saturated rings. The summed E-state index contributed by atoms with van der Waals surface area (Å²) in [7, 11) is 0. The van der Waals surface area contributed by atoms with Crippen molar-refractivity contribution in [1.82, 2.24) is 30.6 Å². The van der Waals surface area contributed by atoms with Crippen LogP contribution in [0.25, 0.3) is 41.6 Å². The zero-order valence-corrected chi connectivity index (χ0v) is 22.8. The lowest BCUT2D eigenvalue weighted by atomic mass is 10.2. The summed E-state index contributed by atoms with van der Waals surface area (Å²) in [6.07, 6.45) is 0.635. The van der Waals surface area contributed by atoms with Crippen LogP contribution in [0.4, 0.5) is 0 Å². The molecule has 0 bridgehead atoms. The highest BCUT2D eigenvalue weighted by Gasteiger charge is 2.28. The first-order chi connectivity index (χ1) is 20.3. The zero-order chi connectivity index (χ0) is 29.4. The van der Waals surface area contributed by atoms with Gasteiger partial charge in [-0.2, -0.15) is 0 Å². The van der Waals surface area contributed by atoms with E-state index >= 15 is 0 Å². The second kappa shape index (κ2) is 10.8. The van der Waals surface area contributed by atoms with Crippen molar-refractivity contribution < 1.29 is 29.7 Å². The van der Waals surface area contributed by atoms with Crippen LogP contribution in [-0.4, -0.2) is 59.2 Å². The number of hydrogen-bond donors (Lipinski definition) is 5. The van der Waals surface area contributed by atoms with Gasteiger partial charge in [0.2, 0.25) is 6.17 Å². The lowest BCUT2D eigenvalue weighted by molar-refractivity contribution is -0.139. The summed E-state index contributed by atoms with van der Waals surface area (Å²) in [4.78, 5) is 54.6. The van der Waals surface area contributed by atoms with Gasteiger partial charge >= 0.3 is 5.97 Å². The number of carboxylic acids is 1. The Kier molecular flexibility index (Phi) is 6.90. The fourth-order valence-corrected chi connectivity index (χ4v) is 6.04. The smallest absolute Gasteiger partial charge is 0.347 e. The Morgan fingerprint density at radius 3 is 1.45 bits per heavy atom. The lowest BCUT2D eigenvalue weighted by Crippen LogP contribution is -2.53. The number of pyridine rings is 2. The fourth-order valence-electron chi connectivity index (χ4n) is 4.07. The fraction of sp³-hybridized carbons (Fsp3) is 0.0357. The van der Waals surface area contributed by atoms with Crippen molar-refractivity contribution >= 4 is 60.9 Å². The molecule has 4 heterocycles. The predicted octanol–water partition coefficient (Wildman–Crippen LogP) is 4.01. The van der Waals surface area contributed by atoms with Crippen LogP contribution < -0.4 is 10.6 Å². The molecule has 0 aliphatic heterocycles. The molecule has 14 heteroatoms. The Morgan fingerprint density at radius 2 is 1.07 bits per heavy atom. The number of fused-ring (bicyclic) bond motifs is 2. The second-order valence-corrected chi connectivity index (χ2v) is 10.8. The van der Waals surface area contributed by atoms with Gasteiger partial charge in [0.25, 0.3) is 11.8 Å². The third-order valence-corrected chi connectivity index (χ3v) is 8.34. The van der Waals surface area contributed by atoms with Crippen LogP contribution in [0.2, 0.25) is 0 Å². The number of carbonyl (C=O) groups is 3. The van der Waals surface area contributed by atoms with Crippen molar-refractivity contribution in [2.24, 2.45) is 0 Å². The van der Waals surface area contributed by atoms with Gasteiger partial charge in [-0.05, 0) is 0 Å². The first-order valence-electron chi connectivity index (χ1n) is 12.2. The maximum absolute atomic E-state index is 13.0. The molecule has 0 radical (unpaired) electrons. The van der Waals surface area contributed by atoms with Gasteiger partial charge in [-0.1, -0.05) is 60.7 Å². The van der Waals surface area contributed by atoms with Crippen LogP contribution in [0.5, 0.6) is 11.5 Å². The third kappa shape index (κ3) is 4.95. The molecule has 208 valence electrons. The van der Waals surface area contributed by atoms with Crippen LogP contribution in [0.15, 0.2) is 73.1 Å². The van der Waals surface area contributed by atoms with E-state index in [2.05, 4.69) is 30.6 Å². The highest BCUT2D eigenvalue weighted by Crippen LogP contribution is 2.37. The SMILES string of the molecule is O=C(NC(NC(=O)c1ncc2nc(-c3ccccc3)sc2c1O)C(=O)O)c1ncc2nc(-c3ccccc3)sc2c1O. The molecular formula is C28H18N6O6S2. The zero-order valence-electron chi connectivity index (χ0n) is 21.2. The van der Waals surface area contributed by atoms with Crippen LogP contribution in [0, 0.1) is 0 Å². The molecule has 0 unspecified atom stereocenters. The summed E-state index contributed by atoms with van der Waals surface area (Å²) >= 11 is 2.27. The molecule has 2 amide bonds. The third-order valence-electron chi connectivity index (χ3n) is 6.09. The number of rotatable bonds is 7. The summed E-state index contributed by atoms with van der Waals surface area (Å²) in [5, 5.41) is 36.7.